The van der Waals surface area contributed by atoms with E-state index in [2.05, 4.69) is 0 Å². The second kappa shape index (κ2) is 16.2. The molecule has 0 aromatic heterocycles. The van der Waals surface area contributed by atoms with Crippen LogP contribution in [0.25, 0.3) is 0 Å². The molecule has 6 heavy (non-hydrogen) atoms. The van der Waals surface area contributed by atoms with Gasteiger partial charge in [-0.2, -0.15) is 0 Å². The number of hydrogen-bond donors (Lipinski definition) is 0. The van der Waals surface area contributed by atoms with E-state index < -0.39 is 0 Å². The zero-order valence-electron chi connectivity index (χ0n) is 5.97. The Bertz CT molecular complexity index is 37.0. The minimum atomic E-state index is 0. The summed E-state index contributed by atoms with van der Waals surface area (Å²) in [6.45, 7) is 0. The molecule has 0 fully saturated rings. The van der Waals surface area contributed by atoms with Crippen molar-refractivity contribution in [3.8, 4) is 0 Å². The topological polar surface area (TPSA) is 34.1 Å². The van der Waals surface area contributed by atoms with Crippen LogP contribution in [0.15, 0.2) is 0 Å². The molecule has 0 heterocycles. The Balaban J connectivity index is -0.00000000750. The van der Waals surface area contributed by atoms with Crippen LogP contribution in [0.1, 0.15) is 2.85 Å². The second-order valence-corrected chi connectivity index (χ2v) is 0.272. The number of aldehydes is 2. The van der Waals surface area contributed by atoms with Gasteiger partial charge in [0.1, 0.15) is 0 Å². The molecule has 4 heteroatoms. The average molecular weight is 106 g/mol. The zero-order valence-corrected chi connectivity index (χ0v) is 7.97. The summed E-state index contributed by atoms with van der Waals surface area (Å²) < 4.78 is 0. The SMILES string of the molecule is O=CC=O.[H-].[H-].[Na+].[Na+]. The summed E-state index contributed by atoms with van der Waals surface area (Å²) in [5, 5.41) is 0. The fourth-order valence-corrected chi connectivity index (χ4v) is 0. The summed E-state index contributed by atoms with van der Waals surface area (Å²) in [7, 11) is 0. The maximum Gasteiger partial charge on any atom is 1.00 e. The smallest absolute Gasteiger partial charge is 1.00 e. The molecule has 0 aromatic rings. The van der Waals surface area contributed by atoms with Crippen LogP contribution in [0.3, 0.4) is 0 Å². The first-order chi connectivity index (χ1) is 1.91. The Labute approximate surface area is 83.2 Å². The average Bonchev–Trinajstić information content (AvgIpc) is 1.37. The monoisotopic (exact) mass is 106 g/mol. The Morgan fingerprint density at radius 3 is 1.17 bits per heavy atom. The van der Waals surface area contributed by atoms with Crippen molar-refractivity contribution in [2.24, 2.45) is 0 Å². The molecule has 0 aliphatic heterocycles. The van der Waals surface area contributed by atoms with Crippen LogP contribution in [0.5, 0.6) is 0 Å². The number of hydrogen-bond acceptors (Lipinski definition) is 2. The molecular formula is C2H4Na2O2. The molecule has 0 spiro atoms. The standard InChI is InChI=1S/C2H2O2.2Na.2H/c3-1-2-4;;;;/h1-2H;;;;/q;2*+1;2*-1. The second-order valence-electron chi connectivity index (χ2n) is 0.272. The summed E-state index contributed by atoms with van der Waals surface area (Å²) in [6.07, 6.45) is 0.389. The van der Waals surface area contributed by atoms with E-state index in [1.165, 1.54) is 0 Å². The maximum absolute atomic E-state index is 8.81. The largest absolute Gasteiger partial charge is 1.00 e. The molecule has 0 amide bonds. The molecule has 0 aromatic carbocycles. The van der Waals surface area contributed by atoms with Gasteiger partial charge in [0, 0.05) is 0 Å². The molecule has 0 bridgehead atoms. The van der Waals surface area contributed by atoms with Gasteiger partial charge in [-0.05, 0) is 0 Å². The van der Waals surface area contributed by atoms with Crippen LogP contribution in [-0.2, 0) is 9.59 Å². The van der Waals surface area contributed by atoms with Crippen molar-refractivity contribution in [2.45, 2.75) is 0 Å². The summed E-state index contributed by atoms with van der Waals surface area (Å²) in [5.41, 5.74) is 0. The van der Waals surface area contributed by atoms with Crippen LogP contribution >= 0.6 is 0 Å². The molecule has 0 radical (unpaired) electrons. The molecule has 0 unspecified atom stereocenters. The third-order valence-electron chi connectivity index (χ3n) is 0.0556. The molecule has 0 atom stereocenters. The zero-order chi connectivity index (χ0) is 3.41. The van der Waals surface area contributed by atoms with Gasteiger partial charge < -0.3 is 2.85 Å². The van der Waals surface area contributed by atoms with E-state index in [-0.39, 0.29) is 74.5 Å². The predicted octanol–water partition coefficient (Wildman–Crippen LogP) is -6.38. The van der Waals surface area contributed by atoms with Gasteiger partial charge in [-0.3, -0.25) is 9.59 Å². The molecule has 0 saturated heterocycles. The predicted molar refractivity (Wildman–Crippen MR) is 14.4 cm³/mol. The van der Waals surface area contributed by atoms with Gasteiger partial charge in [0.2, 0.25) is 0 Å². The first kappa shape index (κ1) is 15.7. The Kier molecular flexibility index (Phi) is 42.3. The summed E-state index contributed by atoms with van der Waals surface area (Å²) in [4.78, 5) is 17.6. The molecule has 0 aliphatic rings. The van der Waals surface area contributed by atoms with E-state index in [9.17, 15) is 0 Å². The van der Waals surface area contributed by atoms with Gasteiger partial charge in [0.15, 0.2) is 12.6 Å². The molecule has 0 aliphatic carbocycles. The normalized spacial score (nSPS) is 3.33. The van der Waals surface area contributed by atoms with Crippen molar-refractivity contribution in [1.29, 1.82) is 0 Å². The minimum absolute atomic E-state index is 0. The van der Waals surface area contributed by atoms with Crippen LogP contribution in [0.2, 0.25) is 0 Å². The third-order valence-corrected chi connectivity index (χ3v) is 0.0556. The Morgan fingerprint density at radius 1 is 1.00 bits per heavy atom. The van der Waals surface area contributed by atoms with Crippen LogP contribution in [-0.4, -0.2) is 12.6 Å². The van der Waals surface area contributed by atoms with E-state index in [4.69, 9.17) is 9.59 Å². The maximum atomic E-state index is 8.81. The molecule has 2 nitrogen and oxygen atoms in total. The van der Waals surface area contributed by atoms with Gasteiger partial charge >= 0.3 is 59.1 Å². The number of carbonyl (C=O) groups is 2. The molecule has 0 N–H and O–H groups in total. The summed E-state index contributed by atoms with van der Waals surface area (Å²) in [5.74, 6) is 0. The first-order valence-electron chi connectivity index (χ1n) is 0.805. The van der Waals surface area contributed by atoms with Crippen LogP contribution in [0, 0.1) is 0 Å². The fourth-order valence-electron chi connectivity index (χ4n) is 0. The fraction of sp³-hybridized carbons (Fsp3) is 0. The van der Waals surface area contributed by atoms with Crippen molar-refractivity contribution in [3.05, 3.63) is 0 Å². The Morgan fingerprint density at radius 2 is 1.17 bits per heavy atom. The van der Waals surface area contributed by atoms with Crippen LogP contribution in [0.4, 0.5) is 0 Å². The quantitative estimate of drug-likeness (QED) is 0.189. The minimum Gasteiger partial charge on any atom is -1.00 e. The van der Waals surface area contributed by atoms with Crippen molar-refractivity contribution in [2.75, 3.05) is 0 Å². The Hall–Kier alpha value is 1.34. The summed E-state index contributed by atoms with van der Waals surface area (Å²) >= 11 is 0. The molecule has 0 saturated carbocycles. The van der Waals surface area contributed by atoms with Gasteiger partial charge in [-0.1, -0.05) is 0 Å². The van der Waals surface area contributed by atoms with Crippen molar-refractivity contribution < 1.29 is 71.6 Å². The van der Waals surface area contributed by atoms with Crippen molar-refractivity contribution in [3.63, 3.8) is 0 Å². The molecular weight excluding hydrogens is 102 g/mol. The third kappa shape index (κ3) is 18.4. The molecule has 26 valence electrons. The molecule has 0 rings (SSSR count). The van der Waals surface area contributed by atoms with Gasteiger partial charge in [0.05, 0.1) is 0 Å². The summed E-state index contributed by atoms with van der Waals surface area (Å²) in [6, 6.07) is 0. The van der Waals surface area contributed by atoms with E-state index in [1.54, 1.807) is 0 Å². The van der Waals surface area contributed by atoms with Gasteiger partial charge in [0.25, 0.3) is 0 Å². The van der Waals surface area contributed by atoms with E-state index in [1.807, 2.05) is 0 Å². The van der Waals surface area contributed by atoms with Crippen molar-refractivity contribution >= 4 is 12.6 Å². The first-order valence-corrected chi connectivity index (χ1v) is 0.805. The van der Waals surface area contributed by atoms with E-state index >= 15 is 0 Å². The van der Waals surface area contributed by atoms with E-state index in [0.717, 1.165) is 0 Å². The van der Waals surface area contributed by atoms with Crippen LogP contribution < -0.4 is 59.1 Å². The van der Waals surface area contributed by atoms with E-state index in [0.29, 0.717) is 0 Å². The van der Waals surface area contributed by atoms with Gasteiger partial charge in [-0.25, -0.2) is 0 Å². The number of rotatable bonds is 1. The van der Waals surface area contributed by atoms with Gasteiger partial charge in [-0.15, -0.1) is 0 Å². The van der Waals surface area contributed by atoms with Crippen molar-refractivity contribution in [1.82, 2.24) is 0 Å². The number of carbonyl (C=O) groups excluding carboxylic acids is 2.